The Morgan fingerprint density at radius 1 is 0.853 bits per heavy atom. The lowest BCUT2D eigenvalue weighted by Crippen LogP contribution is -2.41. The summed E-state index contributed by atoms with van der Waals surface area (Å²) >= 11 is 0. The standard InChI is InChI=1S/C28H34N2O3S/c1-6-23-9-11-25(12-10-23)22(5)29-28(31)19-30(26-15-13-24(14-16-26)20(2)3)34(32,33)27-17-7-21(4)8-18-27/h7-18,20,22H,6,19H2,1-5H3,(H,29,31). The number of amides is 1. The van der Waals surface area contributed by atoms with E-state index in [2.05, 4.69) is 26.1 Å². The molecule has 3 aromatic rings. The molecule has 0 fully saturated rings. The van der Waals surface area contributed by atoms with Gasteiger partial charge in [0, 0.05) is 0 Å². The molecule has 3 rings (SSSR count). The fraction of sp³-hybridized carbons (Fsp3) is 0.321. The van der Waals surface area contributed by atoms with Gasteiger partial charge in [0.05, 0.1) is 16.6 Å². The van der Waals surface area contributed by atoms with E-state index in [9.17, 15) is 13.2 Å². The Morgan fingerprint density at radius 3 is 1.94 bits per heavy atom. The molecule has 0 saturated heterocycles. The van der Waals surface area contributed by atoms with Crippen molar-refractivity contribution >= 4 is 21.6 Å². The second kappa shape index (κ2) is 10.9. The van der Waals surface area contributed by atoms with Gasteiger partial charge in [0.25, 0.3) is 10.0 Å². The number of hydrogen-bond acceptors (Lipinski definition) is 3. The van der Waals surface area contributed by atoms with Gasteiger partial charge in [-0.15, -0.1) is 0 Å². The lowest BCUT2D eigenvalue weighted by atomic mass is 10.0. The quantitative estimate of drug-likeness (QED) is 0.426. The first-order valence-corrected chi connectivity index (χ1v) is 13.1. The molecule has 180 valence electrons. The number of carbonyl (C=O) groups is 1. The van der Waals surface area contributed by atoms with Gasteiger partial charge in [0.15, 0.2) is 0 Å². The van der Waals surface area contributed by atoms with Crippen molar-refractivity contribution in [3.8, 4) is 0 Å². The van der Waals surface area contributed by atoms with Crippen molar-refractivity contribution in [1.29, 1.82) is 0 Å². The summed E-state index contributed by atoms with van der Waals surface area (Å²) in [4.78, 5) is 13.2. The number of carbonyl (C=O) groups excluding carboxylic acids is 1. The van der Waals surface area contributed by atoms with Gasteiger partial charge in [-0.25, -0.2) is 8.42 Å². The fourth-order valence-electron chi connectivity index (χ4n) is 3.72. The number of sulfonamides is 1. The van der Waals surface area contributed by atoms with Crippen molar-refractivity contribution in [3.63, 3.8) is 0 Å². The Hall–Kier alpha value is -3.12. The maximum atomic E-state index is 13.6. The zero-order valence-electron chi connectivity index (χ0n) is 20.6. The Morgan fingerprint density at radius 2 is 1.41 bits per heavy atom. The van der Waals surface area contributed by atoms with Crippen LogP contribution in [0.1, 0.15) is 61.9 Å². The molecule has 5 nitrogen and oxygen atoms in total. The van der Waals surface area contributed by atoms with Gasteiger partial charge in [-0.05, 0) is 67.1 Å². The normalized spacial score (nSPS) is 12.4. The van der Waals surface area contributed by atoms with Crippen LogP contribution >= 0.6 is 0 Å². The molecule has 0 radical (unpaired) electrons. The highest BCUT2D eigenvalue weighted by molar-refractivity contribution is 7.92. The lowest BCUT2D eigenvalue weighted by molar-refractivity contribution is -0.120. The predicted molar refractivity (Wildman–Crippen MR) is 139 cm³/mol. The maximum absolute atomic E-state index is 13.6. The van der Waals surface area contributed by atoms with Crippen molar-refractivity contribution in [2.45, 2.75) is 57.9 Å². The first kappa shape index (κ1) is 25.5. The Kier molecular flexibility index (Phi) is 8.15. The van der Waals surface area contributed by atoms with Crippen LogP contribution in [0.4, 0.5) is 5.69 Å². The molecule has 0 aliphatic rings. The average molecular weight is 479 g/mol. The van der Waals surface area contributed by atoms with Crippen LogP contribution < -0.4 is 9.62 Å². The third-order valence-electron chi connectivity index (χ3n) is 6.01. The minimum Gasteiger partial charge on any atom is -0.348 e. The number of nitrogens with zero attached hydrogens (tertiary/aromatic N) is 1. The number of aryl methyl sites for hydroxylation is 2. The van der Waals surface area contributed by atoms with E-state index in [1.165, 1.54) is 9.87 Å². The van der Waals surface area contributed by atoms with Crippen LogP contribution in [0.3, 0.4) is 0 Å². The molecule has 0 saturated carbocycles. The van der Waals surface area contributed by atoms with Gasteiger partial charge in [0.1, 0.15) is 6.54 Å². The molecule has 34 heavy (non-hydrogen) atoms. The summed E-state index contributed by atoms with van der Waals surface area (Å²) in [6, 6.07) is 21.9. The molecular weight excluding hydrogens is 444 g/mol. The van der Waals surface area contributed by atoms with Crippen molar-refractivity contribution in [3.05, 3.63) is 95.1 Å². The van der Waals surface area contributed by atoms with Crippen LogP contribution in [0, 0.1) is 6.92 Å². The van der Waals surface area contributed by atoms with E-state index in [0.717, 1.165) is 23.1 Å². The third-order valence-corrected chi connectivity index (χ3v) is 7.80. The molecule has 3 aromatic carbocycles. The van der Waals surface area contributed by atoms with Crippen molar-refractivity contribution in [2.75, 3.05) is 10.8 Å². The second-order valence-electron chi connectivity index (χ2n) is 8.96. The van der Waals surface area contributed by atoms with E-state index in [1.807, 2.05) is 50.2 Å². The van der Waals surface area contributed by atoms with E-state index in [1.54, 1.807) is 36.4 Å². The van der Waals surface area contributed by atoms with E-state index >= 15 is 0 Å². The number of hydrogen-bond donors (Lipinski definition) is 1. The van der Waals surface area contributed by atoms with Gasteiger partial charge in [-0.1, -0.05) is 74.9 Å². The van der Waals surface area contributed by atoms with Gasteiger partial charge < -0.3 is 5.32 Å². The zero-order valence-corrected chi connectivity index (χ0v) is 21.4. The molecule has 6 heteroatoms. The highest BCUT2D eigenvalue weighted by atomic mass is 32.2. The lowest BCUT2D eigenvalue weighted by Gasteiger charge is -2.25. The summed E-state index contributed by atoms with van der Waals surface area (Å²) in [6.07, 6.45) is 0.947. The molecular formula is C28H34N2O3S. The van der Waals surface area contributed by atoms with Crippen LogP contribution in [-0.2, 0) is 21.2 Å². The highest BCUT2D eigenvalue weighted by Crippen LogP contribution is 2.26. The molecule has 1 amide bonds. The number of benzene rings is 3. The van der Waals surface area contributed by atoms with Crippen LogP contribution in [0.2, 0.25) is 0 Å². The van der Waals surface area contributed by atoms with E-state index < -0.39 is 10.0 Å². The summed E-state index contributed by atoms with van der Waals surface area (Å²) in [5.74, 6) is -0.0462. The summed E-state index contributed by atoms with van der Waals surface area (Å²) in [7, 11) is -3.94. The SMILES string of the molecule is CCc1ccc(C(C)NC(=O)CN(c2ccc(C(C)C)cc2)S(=O)(=O)c2ccc(C)cc2)cc1. The Labute approximate surface area is 203 Å². The highest BCUT2D eigenvalue weighted by Gasteiger charge is 2.27. The Bertz CT molecular complexity index is 1200. The molecule has 0 aromatic heterocycles. The number of rotatable bonds is 9. The predicted octanol–water partition coefficient (Wildman–Crippen LogP) is 5.75. The summed E-state index contributed by atoms with van der Waals surface area (Å²) in [6.45, 7) is 9.75. The van der Waals surface area contributed by atoms with Crippen molar-refractivity contribution < 1.29 is 13.2 Å². The fourth-order valence-corrected chi connectivity index (χ4v) is 5.14. The molecule has 1 atom stereocenters. The van der Waals surface area contributed by atoms with Gasteiger partial charge in [-0.2, -0.15) is 0 Å². The van der Waals surface area contributed by atoms with Gasteiger partial charge in [0.2, 0.25) is 5.91 Å². The summed E-state index contributed by atoms with van der Waals surface area (Å²) < 4.78 is 28.3. The monoisotopic (exact) mass is 478 g/mol. The molecule has 0 spiro atoms. The molecule has 0 aliphatic carbocycles. The van der Waals surface area contributed by atoms with Crippen LogP contribution in [-0.4, -0.2) is 20.9 Å². The zero-order chi connectivity index (χ0) is 24.9. The van der Waals surface area contributed by atoms with Crippen molar-refractivity contribution in [2.24, 2.45) is 0 Å². The Balaban J connectivity index is 1.88. The van der Waals surface area contributed by atoms with Gasteiger partial charge in [-0.3, -0.25) is 9.10 Å². The topological polar surface area (TPSA) is 66.5 Å². The van der Waals surface area contributed by atoms with Crippen LogP contribution in [0.15, 0.2) is 77.7 Å². The maximum Gasteiger partial charge on any atom is 0.264 e. The smallest absolute Gasteiger partial charge is 0.264 e. The van der Waals surface area contributed by atoms with Crippen LogP contribution in [0.25, 0.3) is 0 Å². The third kappa shape index (κ3) is 6.06. The van der Waals surface area contributed by atoms with E-state index in [0.29, 0.717) is 11.6 Å². The first-order chi connectivity index (χ1) is 16.1. The number of nitrogens with one attached hydrogen (secondary N) is 1. The van der Waals surface area contributed by atoms with E-state index in [4.69, 9.17) is 0 Å². The molecule has 0 aliphatic heterocycles. The van der Waals surface area contributed by atoms with Crippen molar-refractivity contribution in [1.82, 2.24) is 5.32 Å². The summed E-state index contributed by atoms with van der Waals surface area (Å²) in [5.41, 5.74) is 4.72. The average Bonchev–Trinajstić information content (AvgIpc) is 2.82. The second-order valence-corrected chi connectivity index (χ2v) is 10.8. The summed E-state index contributed by atoms with van der Waals surface area (Å²) in [5, 5.41) is 2.95. The van der Waals surface area contributed by atoms with Crippen LogP contribution in [0.5, 0.6) is 0 Å². The van der Waals surface area contributed by atoms with Gasteiger partial charge >= 0.3 is 0 Å². The molecule has 0 heterocycles. The molecule has 1 unspecified atom stereocenters. The first-order valence-electron chi connectivity index (χ1n) is 11.7. The minimum absolute atomic E-state index is 0.155. The minimum atomic E-state index is -3.94. The molecule has 1 N–H and O–H groups in total. The number of anilines is 1. The largest absolute Gasteiger partial charge is 0.348 e. The molecule has 0 bridgehead atoms. The van der Waals surface area contributed by atoms with E-state index in [-0.39, 0.29) is 23.4 Å².